The standard InChI is InChI=1S/C15H23N3O2/c1-4-17-7-5-13(6-8-17)16-14-10-15(18(19)20)12(3)9-11(14)2/h9-10,13,16H,4-8H2,1-3H3. The third-order valence-corrected chi connectivity index (χ3v) is 4.13. The monoisotopic (exact) mass is 277 g/mol. The lowest BCUT2D eigenvalue weighted by Gasteiger charge is -2.32. The third kappa shape index (κ3) is 3.28. The summed E-state index contributed by atoms with van der Waals surface area (Å²) < 4.78 is 0. The molecule has 20 heavy (non-hydrogen) atoms. The summed E-state index contributed by atoms with van der Waals surface area (Å²) in [6.07, 6.45) is 2.18. The van der Waals surface area contributed by atoms with Crippen molar-refractivity contribution in [3.05, 3.63) is 33.4 Å². The Morgan fingerprint density at radius 2 is 1.95 bits per heavy atom. The van der Waals surface area contributed by atoms with E-state index >= 15 is 0 Å². The number of aryl methyl sites for hydroxylation is 2. The molecule has 1 N–H and O–H groups in total. The number of anilines is 1. The van der Waals surface area contributed by atoms with Crippen molar-refractivity contribution in [2.75, 3.05) is 25.0 Å². The predicted octanol–water partition coefficient (Wildman–Crippen LogP) is 3.11. The molecule has 0 bridgehead atoms. The summed E-state index contributed by atoms with van der Waals surface area (Å²) in [6, 6.07) is 3.98. The number of rotatable bonds is 4. The summed E-state index contributed by atoms with van der Waals surface area (Å²) in [7, 11) is 0. The summed E-state index contributed by atoms with van der Waals surface area (Å²) in [6.45, 7) is 9.26. The Labute approximate surface area is 120 Å². The van der Waals surface area contributed by atoms with E-state index in [0.29, 0.717) is 6.04 Å². The van der Waals surface area contributed by atoms with Gasteiger partial charge in [0.05, 0.1) is 4.92 Å². The summed E-state index contributed by atoms with van der Waals surface area (Å²) in [4.78, 5) is 13.2. The highest BCUT2D eigenvalue weighted by atomic mass is 16.6. The minimum atomic E-state index is -0.306. The van der Waals surface area contributed by atoms with Gasteiger partial charge in [-0.1, -0.05) is 6.92 Å². The Hall–Kier alpha value is -1.62. The van der Waals surface area contributed by atoms with Gasteiger partial charge in [-0.05, 0) is 44.9 Å². The van der Waals surface area contributed by atoms with Gasteiger partial charge in [0.1, 0.15) is 0 Å². The Bertz CT molecular complexity index is 494. The van der Waals surface area contributed by atoms with E-state index < -0.39 is 0 Å². The van der Waals surface area contributed by atoms with E-state index in [9.17, 15) is 10.1 Å². The number of nitro groups is 1. The SMILES string of the molecule is CCN1CCC(Nc2cc([N+](=O)[O-])c(C)cc2C)CC1. The molecule has 2 rings (SSSR count). The fourth-order valence-electron chi connectivity index (χ4n) is 2.81. The van der Waals surface area contributed by atoms with Crippen molar-refractivity contribution >= 4 is 11.4 Å². The lowest BCUT2D eigenvalue weighted by Crippen LogP contribution is -2.38. The average molecular weight is 277 g/mol. The van der Waals surface area contributed by atoms with Gasteiger partial charge in [-0.2, -0.15) is 0 Å². The van der Waals surface area contributed by atoms with Gasteiger partial charge in [0.2, 0.25) is 0 Å². The fraction of sp³-hybridized carbons (Fsp3) is 0.600. The van der Waals surface area contributed by atoms with E-state index in [1.165, 1.54) is 0 Å². The molecule has 1 aliphatic heterocycles. The second-order valence-corrected chi connectivity index (χ2v) is 5.56. The number of nitrogens with one attached hydrogen (secondary N) is 1. The third-order valence-electron chi connectivity index (χ3n) is 4.13. The first-order valence-electron chi connectivity index (χ1n) is 7.25. The number of piperidine rings is 1. The average Bonchev–Trinajstić information content (AvgIpc) is 2.42. The molecule has 1 heterocycles. The van der Waals surface area contributed by atoms with Crippen molar-refractivity contribution in [1.29, 1.82) is 0 Å². The summed E-state index contributed by atoms with van der Waals surface area (Å²) in [5.74, 6) is 0. The van der Waals surface area contributed by atoms with E-state index in [0.717, 1.165) is 49.3 Å². The highest BCUT2D eigenvalue weighted by Crippen LogP contribution is 2.28. The molecule has 0 spiro atoms. The van der Waals surface area contributed by atoms with Crippen LogP contribution in [0.3, 0.4) is 0 Å². The van der Waals surface area contributed by atoms with E-state index in [2.05, 4.69) is 17.1 Å². The molecule has 0 unspecified atom stereocenters. The second kappa shape index (κ2) is 6.22. The van der Waals surface area contributed by atoms with Crippen LogP contribution in [0.5, 0.6) is 0 Å². The van der Waals surface area contributed by atoms with Gasteiger partial charge in [-0.25, -0.2) is 0 Å². The van der Waals surface area contributed by atoms with Crippen LogP contribution < -0.4 is 5.32 Å². The largest absolute Gasteiger partial charge is 0.382 e. The van der Waals surface area contributed by atoms with Crippen molar-refractivity contribution < 1.29 is 4.92 Å². The lowest BCUT2D eigenvalue weighted by atomic mass is 10.0. The fourth-order valence-corrected chi connectivity index (χ4v) is 2.81. The maximum absolute atomic E-state index is 11.0. The molecule has 0 aliphatic carbocycles. The van der Waals surface area contributed by atoms with E-state index in [1.807, 2.05) is 13.0 Å². The lowest BCUT2D eigenvalue weighted by molar-refractivity contribution is -0.385. The van der Waals surface area contributed by atoms with Crippen LogP contribution in [0.1, 0.15) is 30.9 Å². The number of hydrogen-bond acceptors (Lipinski definition) is 4. The van der Waals surface area contributed by atoms with Crippen LogP contribution >= 0.6 is 0 Å². The van der Waals surface area contributed by atoms with Crippen molar-refractivity contribution in [3.8, 4) is 0 Å². The van der Waals surface area contributed by atoms with Gasteiger partial charge >= 0.3 is 0 Å². The first-order valence-corrected chi connectivity index (χ1v) is 7.25. The van der Waals surface area contributed by atoms with Gasteiger partial charge in [0.25, 0.3) is 5.69 Å². The Kier molecular flexibility index (Phi) is 4.60. The zero-order valence-electron chi connectivity index (χ0n) is 12.5. The molecule has 0 aromatic heterocycles. The first kappa shape index (κ1) is 14.8. The van der Waals surface area contributed by atoms with Crippen LogP contribution in [0.2, 0.25) is 0 Å². The van der Waals surface area contributed by atoms with Gasteiger partial charge in [-0.3, -0.25) is 10.1 Å². The molecule has 1 aromatic rings. The van der Waals surface area contributed by atoms with Crippen LogP contribution in [-0.4, -0.2) is 35.5 Å². The zero-order valence-corrected chi connectivity index (χ0v) is 12.5. The Balaban J connectivity index is 2.10. The van der Waals surface area contributed by atoms with Crippen LogP contribution in [0, 0.1) is 24.0 Å². The molecule has 1 saturated heterocycles. The van der Waals surface area contributed by atoms with Crippen molar-refractivity contribution in [2.24, 2.45) is 0 Å². The first-order chi connectivity index (χ1) is 9.51. The Morgan fingerprint density at radius 1 is 1.30 bits per heavy atom. The Morgan fingerprint density at radius 3 is 2.50 bits per heavy atom. The minimum Gasteiger partial charge on any atom is -0.382 e. The van der Waals surface area contributed by atoms with Crippen molar-refractivity contribution in [3.63, 3.8) is 0 Å². The molecule has 0 saturated carbocycles. The number of hydrogen-bond donors (Lipinski definition) is 1. The summed E-state index contributed by atoms with van der Waals surface area (Å²) in [5.41, 5.74) is 2.89. The van der Waals surface area contributed by atoms with Gasteiger partial charge in [0.15, 0.2) is 0 Å². The smallest absolute Gasteiger partial charge is 0.274 e. The molecule has 0 atom stereocenters. The molecule has 1 fully saturated rings. The topological polar surface area (TPSA) is 58.4 Å². The van der Waals surface area contributed by atoms with Gasteiger partial charge in [0, 0.05) is 36.4 Å². The summed E-state index contributed by atoms with van der Waals surface area (Å²) >= 11 is 0. The maximum atomic E-state index is 11.0. The van der Waals surface area contributed by atoms with Crippen molar-refractivity contribution in [1.82, 2.24) is 4.90 Å². The van der Waals surface area contributed by atoms with E-state index in [-0.39, 0.29) is 10.6 Å². The maximum Gasteiger partial charge on any atom is 0.274 e. The molecule has 5 nitrogen and oxygen atoms in total. The highest BCUT2D eigenvalue weighted by Gasteiger charge is 2.20. The van der Waals surface area contributed by atoms with Gasteiger partial charge < -0.3 is 10.2 Å². The van der Waals surface area contributed by atoms with Crippen LogP contribution in [-0.2, 0) is 0 Å². The molecular weight excluding hydrogens is 254 g/mol. The molecule has 0 radical (unpaired) electrons. The zero-order chi connectivity index (χ0) is 14.7. The van der Waals surface area contributed by atoms with Gasteiger partial charge in [-0.15, -0.1) is 0 Å². The molecular formula is C15H23N3O2. The van der Waals surface area contributed by atoms with Crippen LogP contribution in [0.25, 0.3) is 0 Å². The van der Waals surface area contributed by atoms with E-state index in [4.69, 9.17) is 0 Å². The van der Waals surface area contributed by atoms with Crippen molar-refractivity contribution in [2.45, 2.75) is 39.7 Å². The number of nitrogens with zero attached hydrogens (tertiary/aromatic N) is 2. The molecule has 1 aliphatic rings. The molecule has 110 valence electrons. The number of benzene rings is 1. The van der Waals surface area contributed by atoms with Crippen LogP contribution in [0.15, 0.2) is 12.1 Å². The molecule has 0 amide bonds. The van der Waals surface area contributed by atoms with Crippen LogP contribution in [0.4, 0.5) is 11.4 Å². The highest BCUT2D eigenvalue weighted by molar-refractivity contribution is 5.60. The molecule has 1 aromatic carbocycles. The number of likely N-dealkylation sites (tertiary alicyclic amines) is 1. The van der Waals surface area contributed by atoms with E-state index in [1.54, 1.807) is 13.0 Å². The normalized spacial score (nSPS) is 17.1. The second-order valence-electron chi connectivity index (χ2n) is 5.56. The predicted molar refractivity (Wildman–Crippen MR) is 81.3 cm³/mol. The summed E-state index contributed by atoms with van der Waals surface area (Å²) in [5, 5.41) is 14.5. The quantitative estimate of drug-likeness (QED) is 0.678. The number of nitro benzene ring substituents is 1. The minimum absolute atomic E-state index is 0.198. The molecule has 5 heteroatoms.